The Morgan fingerprint density at radius 2 is 0.653 bits per heavy atom. The van der Waals surface area contributed by atoms with E-state index in [1.54, 1.807) is 0 Å². The molecule has 0 aliphatic rings. The quantitative estimate of drug-likeness (QED) is 0.0333. The number of unbranched alkanes of at least 4 members (excludes halogenated alkanes) is 16. The highest BCUT2D eigenvalue weighted by molar-refractivity contribution is 7.79. The maximum absolute atomic E-state index is 12.5. The first-order valence-electron chi connectivity index (χ1n) is 19.5. The van der Waals surface area contributed by atoms with Crippen LogP contribution in [0.15, 0.2) is 0 Å². The molecule has 0 fully saturated rings. The molecule has 0 aliphatic heterocycles. The lowest BCUT2D eigenvalue weighted by Gasteiger charge is -2.40. The zero-order valence-corrected chi connectivity index (χ0v) is 34.0. The molecule has 49 heavy (non-hydrogen) atoms. The van der Waals surface area contributed by atoms with Crippen LogP contribution in [0.1, 0.15) is 209 Å². The molecule has 0 bridgehead atoms. The fourth-order valence-electron chi connectivity index (χ4n) is 6.07. The monoisotopic (exact) mass is 723 g/mol. The number of hydrogen-bond donors (Lipinski definition) is 6. The van der Waals surface area contributed by atoms with Crippen molar-refractivity contribution in [3.8, 4) is 0 Å². The van der Waals surface area contributed by atoms with Crippen LogP contribution in [0.4, 0.5) is 0 Å². The Kier molecular flexibility index (Phi) is 30.6. The van der Waals surface area contributed by atoms with Crippen molar-refractivity contribution in [3.05, 3.63) is 0 Å². The van der Waals surface area contributed by atoms with E-state index in [2.05, 4.69) is 27.7 Å². The Morgan fingerprint density at radius 3 is 0.837 bits per heavy atom. The Balaban J connectivity index is -0.000000757. The average molecular weight is 723 g/mol. The first kappa shape index (κ1) is 52.4. The van der Waals surface area contributed by atoms with Crippen LogP contribution in [0.5, 0.6) is 0 Å². The first-order chi connectivity index (χ1) is 22.6. The molecule has 0 rings (SSSR count). The van der Waals surface area contributed by atoms with Gasteiger partial charge in [0, 0.05) is 23.9 Å². The molecule has 0 amide bonds. The van der Waals surface area contributed by atoms with Gasteiger partial charge in [0.25, 0.3) is 0 Å². The summed E-state index contributed by atoms with van der Waals surface area (Å²) in [6, 6.07) is 0. The fraction of sp³-hybridized carbons (Fsp3) is 0.947. The van der Waals surface area contributed by atoms with Crippen molar-refractivity contribution in [2.75, 3.05) is 0 Å². The minimum Gasteiger partial charge on any atom is -0.324 e. The van der Waals surface area contributed by atoms with E-state index in [-0.39, 0.29) is 11.6 Å². The summed E-state index contributed by atoms with van der Waals surface area (Å²) in [6.45, 7) is 16.1. The minimum absolute atomic E-state index is 0.143. The van der Waals surface area contributed by atoms with Gasteiger partial charge in [-0.1, -0.05) is 143 Å². The van der Waals surface area contributed by atoms with E-state index < -0.39 is 32.6 Å². The highest BCUT2D eigenvalue weighted by Crippen LogP contribution is 2.27. The first-order valence-corrected chi connectivity index (χ1v) is 20.9. The van der Waals surface area contributed by atoms with Crippen molar-refractivity contribution in [1.29, 1.82) is 0 Å². The van der Waals surface area contributed by atoms with Gasteiger partial charge < -0.3 is 22.9 Å². The van der Waals surface area contributed by atoms with Crippen LogP contribution < -0.4 is 22.9 Å². The van der Waals surface area contributed by atoms with Gasteiger partial charge in [0.05, 0.1) is 11.1 Å². The van der Waals surface area contributed by atoms with E-state index in [0.717, 1.165) is 38.5 Å². The Morgan fingerprint density at radius 1 is 0.449 bits per heavy atom. The topological polar surface area (TPSA) is 213 Å². The number of rotatable bonds is 28. The standard InChI is InChI=1S/2C19H40N2O.H2O4S/c2*1-5-7-8-9-10-11-12-13-14-15-17(22)19(21,16-6-2)18(3,4)20;1-5(2,3)4/h2*5-16,20-21H2,1-4H3;(H2,1,2,3,4). The van der Waals surface area contributed by atoms with E-state index >= 15 is 0 Å². The van der Waals surface area contributed by atoms with Crippen molar-refractivity contribution in [1.82, 2.24) is 0 Å². The van der Waals surface area contributed by atoms with Crippen LogP contribution in [0.3, 0.4) is 0 Å². The average Bonchev–Trinajstić information content (AvgIpc) is 2.97. The molecular formula is C38H82N4O6S. The molecule has 10 N–H and O–H groups in total. The largest absolute Gasteiger partial charge is 0.394 e. The number of ketones is 2. The van der Waals surface area contributed by atoms with Gasteiger partial charge in [-0.25, -0.2) is 0 Å². The van der Waals surface area contributed by atoms with Crippen molar-refractivity contribution in [2.24, 2.45) is 22.9 Å². The number of nitrogens with two attached hydrogens (primary N) is 4. The molecular weight excluding hydrogens is 641 g/mol. The molecule has 0 saturated heterocycles. The van der Waals surface area contributed by atoms with E-state index in [0.29, 0.717) is 25.7 Å². The highest BCUT2D eigenvalue weighted by atomic mass is 32.3. The molecule has 11 heteroatoms. The van der Waals surface area contributed by atoms with Gasteiger partial charge in [-0.05, 0) is 53.4 Å². The summed E-state index contributed by atoms with van der Waals surface area (Å²) in [6.07, 6.45) is 26.9. The number of hydrogen-bond acceptors (Lipinski definition) is 8. The van der Waals surface area contributed by atoms with Crippen LogP contribution in [0.2, 0.25) is 0 Å². The molecule has 10 nitrogen and oxygen atoms in total. The van der Waals surface area contributed by atoms with Gasteiger partial charge in [0.15, 0.2) is 11.6 Å². The predicted molar refractivity (Wildman–Crippen MR) is 208 cm³/mol. The third kappa shape index (κ3) is 27.4. The minimum atomic E-state index is -4.67. The normalized spacial score (nSPS) is 14.5. The maximum Gasteiger partial charge on any atom is 0.394 e. The van der Waals surface area contributed by atoms with Crippen molar-refractivity contribution < 1.29 is 27.1 Å². The van der Waals surface area contributed by atoms with Gasteiger partial charge in [-0.3, -0.25) is 18.7 Å². The molecule has 0 spiro atoms. The lowest BCUT2D eigenvalue weighted by Crippen LogP contribution is -2.67. The Labute approximate surface area is 303 Å². The highest BCUT2D eigenvalue weighted by Gasteiger charge is 2.44. The van der Waals surface area contributed by atoms with Gasteiger partial charge in [0.2, 0.25) is 0 Å². The van der Waals surface area contributed by atoms with E-state index in [9.17, 15) is 9.59 Å². The molecule has 0 aromatic rings. The Hall–Kier alpha value is -0.950. The van der Waals surface area contributed by atoms with Crippen LogP contribution in [-0.2, 0) is 20.0 Å². The van der Waals surface area contributed by atoms with E-state index in [4.69, 9.17) is 40.5 Å². The molecule has 0 radical (unpaired) electrons. The predicted octanol–water partition coefficient (Wildman–Crippen LogP) is 8.77. The van der Waals surface area contributed by atoms with Crippen LogP contribution in [0.25, 0.3) is 0 Å². The van der Waals surface area contributed by atoms with E-state index in [1.807, 2.05) is 27.7 Å². The summed E-state index contributed by atoms with van der Waals surface area (Å²) < 4.78 is 31.6. The lowest BCUT2D eigenvalue weighted by atomic mass is 9.73. The Bertz CT molecular complexity index is 865. The number of carbonyl (C=O) groups excluding carboxylic acids is 2. The van der Waals surface area contributed by atoms with Gasteiger partial charge in [-0.2, -0.15) is 8.42 Å². The molecule has 0 aromatic heterocycles. The molecule has 0 aromatic carbocycles. The van der Waals surface area contributed by atoms with Crippen molar-refractivity contribution in [2.45, 2.75) is 232 Å². The van der Waals surface area contributed by atoms with Crippen LogP contribution in [0, 0.1) is 0 Å². The molecule has 2 unspecified atom stereocenters. The van der Waals surface area contributed by atoms with Crippen molar-refractivity contribution in [3.63, 3.8) is 0 Å². The summed E-state index contributed by atoms with van der Waals surface area (Å²) >= 11 is 0. The second kappa shape index (κ2) is 28.6. The van der Waals surface area contributed by atoms with Crippen LogP contribution in [-0.4, -0.2) is 51.2 Å². The van der Waals surface area contributed by atoms with E-state index in [1.165, 1.54) is 89.9 Å². The second-order valence-corrected chi connectivity index (χ2v) is 16.2. The fourth-order valence-corrected chi connectivity index (χ4v) is 6.07. The summed E-state index contributed by atoms with van der Waals surface area (Å²) in [4.78, 5) is 25.0. The molecule has 0 aliphatic carbocycles. The lowest BCUT2D eigenvalue weighted by molar-refractivity contribution is -0.127. The third-order valence-electron chi connectivity index (χ3n) is 9.60. The van der Waals surface area contributed by atoms with Gasteiger partial charge >= 0.3 is 10.4 Å². The zero-order chi connectivity index (χ0) is 38.6. The van der Waals surface area contributed by atoms with Crippen molar-refractivity contribution >= 4 is 22.0 Å². The maximum atomic E-state index is 12.5. The van der Waals surface area contributed by atoms with Gasteiger partial charge in [0.1, 0.15) is 0 Å². The second-order valence-electron chi connectivity index (χ2n) is 15.3. The summed E-state index contributed by atoms with van der Waals surface area (Å²) in [5.74, 6) is 0.287. The zero-order valence-electron chi connectivity index (χ0n) is 33.2. The molecule has 0 saturated carbocycles. The van der Waals surface area contributed by atoms with Crippen LogP contribution >= 0.6 is 0 Å². The third-order valence-corrected chi connectivity index (χ3v) is 9.60. The van der Waals surface area contributed by atoms with Gasteiger partial charge in [-0.15, -0.1) is 0 Å². The smallest absolute Gasteiger partial charge is 0.324 e. The summed E-state index contributed by atoms with van der Waals surface area (Å²) in [5.41, 5.74) is 22.0. The number of Topliss-reactive ketones (excluding diaryl/α,β-unsaturated/α-hetero) is 2. The molecule has 2 atom stereocenters. The summed E-state index contributed by atoms with van der Waals surface area (Å²) in [7, 11) is -4.67. The number of carbonyl (C=O) groups is 2. The molecule has 0 heterocycles. The summed E-state index contributed by atoms with van der Waals surface area (Å²) in [5, 5.41) is 0. The molecule has 296 valence electrons. The SMILES string of the molecule is CCCCCCCCCCCC(=O)C(N)(CCC)C(C)(C)N.CCCCCCCCCCCC(=O)C(N)(CCC)C(C)(C)N.O=S(=O)(O)O.